The van der Waals surface area contributed by atoms with Gasteiger partial charge in [0.05, 0.1) is 13.2 Å². The molecule has 0 radical (unpaired) electrons. The zero-order valence-electron chi connectivity index (χ0n) is 10.3. The van der Waals surface area contributed by atoms with E-state index in [1.807, 2.05) is 24.3 Å². The molecule has 0 aromatic heterocycles. The van der Waals surface area contributed by atoms with Crippen LogP contribution in [0.1, 0.15) is 25.0 Å². The highest BCUT2D eigenvalue weighted by Gasteiger charge is 2.11. The zero-order valence-corrected chi connectivity index (χ0v) is 11.1. The SMILES string of the molecule is COc1cccc(C(O)CSC(C)CCO)c1. The van der Waals surface area contributed by atoms with Crippen LogP contribution in [0.3, 0.4) is 0 Å². The number of aliphatic hydroxyl groups excluding tert-OH is 2. The van der Waals surface area contributed by atoms with Gasteiger partial charge in [0.15, 0.2) is 0 Å². The first-order valence-electron chi connectivity index (χ1n) is 5.72. The third-order valence-electron chi connectivity index (χ3n) is 2.55. The first-order valence-corrected chi connectivity index (χ1v) is 6.76. The molecule has 0 saturated heterocycles. The summed E-state index contributed by atoms with van der Waals surface area (Å²) in [7, 11) is 1.61. The van der Waals surface area contributed by atoms with Gasteiger partial charge in [-0.05, 0) is 24.1 Å². The molecular weight excluding hydrogens is 236 g/mol. The summed E-state index contributed by atoms with van der Waals surface area (Å²) in [6, 6.07) is 7.48. The van der Waals surface area contributed by atoms with Crippen LogP contribution >= 0.6 is 11.8 Å². The van der Waals surface area contributed by atoms with Gasteiger partial charge in [-0.25, -0.2) is 0 Å². The second-order valence-electron chi connectivity index (χ2n) is 3.95. The summed E-state index contributed by atoms with van der Waals surface area (Å²) in [5.41, 5.74) is 0.869. The van der Waals surface area contributed by atoms with Gasteiger partial charge in [0.1, 0.15) is 5.75 Å². The van der Waals surface area contributed by atoms with Gasteiger partial charge in [0.2, 0.25) is 0 Å². The summed E-state index contributed by atoms with van der Waals surface area (Å²) in [6.45, 7) is 2.25. The Morgan fingerprint density at radius 3 is 2.82 bits per heavy atom. The van der Waals surface area contributed by atoms with Crippen LogP contribution in [0.2, 0.25) is 0 Å². The normalized spacial score (nSPS) is 14.4. The lowest BCUT2D eigenvalue weighted by atomic mass is 10.1. The van der Waals surface area contributed by atoms with Crippen LogP contribution in [-0.4, -0.2) is 34.9 Å². The fraction of sp³-hybridized carbons (Fsp3) is 0.538. The molecule has 0 aliphatic carbocycles. The van der Waals surface area contributed by atoms with Gasteiger partial charge >= 0.3 is 0 Å². The number of aliphatic hydroxyl groups is 2. The van der Waals surface area contributed by atoms with E-state index in [1.54, 1.807) is 18.9 Å². The van der Waals surface area contributed by atoms with E-state index in [2.05, 4.69) is 6.92 Å². The van der Waals surface area contributed by atoms with Crippen molar-refractivity contribution in [3.05, 3.63) is 29.8 Å². The zero-order chi connectivity index (χ0) is 12.7. The molecule has 2 atom stereocenters. The molecule has 0 fully saturated rings. The van der Waals surface area contributed by atoms with Gasteiger partial charge < -0.3 is 14.9 Å². The smallest absolute Gasteiger partial charge is 0.119 e. The number of rotatable bonds is 7. The van der Waals surface area contributed by atoms with E-state index in [0.29, 0.717) is 11.0 Å². The summed E-state index contributed by atoms with van der Waals surface area (Å²) in [5, 5.41) is 19.2. The minimum Gasteiger partial charge on any atom is -0.497 e. The van der Waals surface area contributed by atoms with Gasteiger partial charge in [-0.2, -0.15) is 11.8 Å². The number of hydrogen-bond acceptors (Lipinski definition) is 4. The molecule has 1 aromatic rings. The monoisotopic (exact) mass is 256 g/mol. The highest BCUT2D eigenvalue weighted by atomic mass is 32.2. The predicted octanol–water partition coefficient (Wildman–Crippen LogP) is 2.23. The second-order valence-corrected chi connectivity index (χ2v) is 5.42. The van der Waals surface area contributed by atoms with Crippen LogP contribution in [-0.2, 0) is 0 Å². The molecule has 96 valence electrons. The minimum absolute atomic E-state index is 0.198. The van der Waals surface area contributed by atoms with Gasteiger partial charge in [0, 0.05) is 17.6 Å². The molecule has 17 heavy (non-hydrogen) atoms. The summed E-state index contributed by atoms with van der Waals surface area (Å²) in [5.74, 6) is 1.39. The third-order valence-corrected chi connectivity index (χ3v) is 3.87. The summed E-state index contributed by atoms with van der Waals surface area (Å²) < 4.78 is 5.12. The number of thioether (sulfide) groups is 1. The fourth-order valence-corrected chi connectivity index (χ4v) is 2.44. The number of benzene rings is 1. The minimum atomic E-state index is -0.490. The third kappa shape index (κ3) is 4.98. The summed E-state index contributed by atoms with van der Waals surface area (Å²) >= 11 is 1.67. The summed E-state index contributed by atoms with van der Waals surface area (Å²) in [4.78, 5) is 0. The molecule has 4 heteroatoms. The quantitative estimate of drug-likeness (QED) is 0.785. The molecule has 0 heterocycles. The Kier molecular flexibility index (Phi) is 6.40. The van der Waals surface area contributed by atoms with Crippen LogP contribution in [0.5, 0.6) is 5.75 Å². The van der Waals surface area contributed by atoms with E-state index < -0.39 is 6.10 Å². The van der Waals surface area contributed by atoms with E-state index in [4.69, 9.17) is 9.84 Å². The van der Waals surface area contributed by atoms with E-state index in [1.165, 1.54) is 0 Å². The van der Waals surface area contributed by atoms with E-state index >= 15 is 0 Å². The average Bonchev–Trinajstić information content (AvgIpc) is 2.36. The predicted molar refractivity (Wildman–Crippen MR) is 71.6 cm³/mol. The highest BCUT2D eigenvalue weighted by Crippen LogP contribution is 2.24. The van der Waals surface area contributed by atoms with E-state index in [0.717, 1.165) is 17.7 Å². The van der Waals surface area contributed by atoms with E-state index in [9.17, 15) is 5.11 Å². The van der Waals surface area contributed by atoms with Gasteiger partial charge in [-0.3, -0.25) is 0 Å². The first kappa shape index (κ1) is 14.4. The van der Waals surface area contributed by atoms with Crippen molar-refractivity contribution in [3.8, 4) is 5.75 Å². The molecule has 0 aliphatic heterocycles. The number of hydrogen-bond donors (Lipinski definition) is 2. The Labute approximate surface area is 107 Å². The summed E-state index contributed by atoms with van der Waals surface area (Å²) in [6.07, 6.45) is 0.270. The average molecular weight is 256 g/mol. The fourth-order valence-electron chi connectivity index (χ4n) is 1.47. The van der Waals surface area contributed by atoms with E-state index in [-0.39, 0.29) is 6.61 Å². The van der Waals surface area contributed by atoms with Gasteiger partial charge in [-0.1, -0.05) is 19.1 Å². The molecular formula is C13H20O3S. The lowest BCUT2D eigenvalue weighted by Crippen LogP contribution is -2.06. The number of ether oxygens (including phenoxy) is 1. The van der Waals surface area contributed by atoms with Crippen molar-refractivity contribution in [2.45, 2.75) is 24.7 Å². The standard InChI is InChI=1S/C13H20O3S/c1-10(6-7-14)17-9-13(15)11-4-3-5-12(8-11)16-2/h3-5,8,10,13-15H,6-7,9H2,1-2H3. The largest absolute Gasteiger partial charge is 0.497 e. The molecule has 0 saturated carbocycles. The maximum absolute atomic E-state index is 10.0. The molecule has 3 nitrogen and oxygen atoms in total. The lowest BCUT2D eigenvalue weighted by molar-refractivity contribution is 0.203. The molecule has 2 unspecified atom stereocenters. The molecule has 2 N–H and O–H groups in total. The Morgan fingerprint density at radius 1 is 1.41 bits per heavy atom. The Bertz CT molecular complexity index is 330. The van der Waals surface area contributed by atoms with Crippen molar-refractivity contribution in [3.63, 3.8) is 0 Å². The number of methoxy groups -OCH3 is 1. The van der Waals surface area contributed by atoms with Gasteiger partial charge in [0.25, 0.3) is 0 Å². The van der Waals surface area contributed by atoms with Crippen LogP contribution < -0.4 is 4.74 Å². The lowest BCUT2D eigenvalue weighted by Gasteiger charge is -2.14. The molecule has 0 spiro atoms. The van der Waals surface area contributed by atoms with Crippen molar-refractivity contribution in [2.24, 2.45) is 0 Å². The van der Waals surface area contributed by atoms with Crippen molar-refractivity contribution >= 4 is 11.8 Å². The van der Waals surface area contributed by atoms with Crippen molar-refractivity contribution in [1.29, 1.82) is 0 Å². The molecule has 1 aromatic carbocycles. The van der Waals surface area contributed by atoms with Crippen molar-refractivity contribution in [1.82, 2.24) is 0 Å². The maximum Gasteiger partial charge on any atom is 0.119 e. The Morgan fingerprint density at radius 2 is 2.18 bits per heavy atom. The first-order chi connectivity index (χ1) is 8.17. The van der Waals surface area contributed by atoms with Crippen LogP contribution in [0.15, 0.2) is 24.3 Å². The van der Waals surface area contributed by atoms with Crippen LogP contribution in [0.4, 0.5) is 0 Å². The van der Waals surface area contributed by atoms with Gasteiger partial charge in [-0.15, -0.1) is 0 Å². The van der Waals surface area contributed by atoms with Crippen LogP contribution in [0, 0.1) is 0 Å². The maximum atomic E-state index is 10.0. The molecule has 0 bridgehead atoms. The Balaban J connectivity index is 2.48. The van der Waals surface area contributed by atoms with Crippen molar-refractivity contribution in [2.75, 3.05) is 19.5 Å². The Hall–Kier alpha value is -0.710. The van der Waals surface area contributed by atoms with Crippen LogP contribution in [0.25, 0.3) is 0 Å². The van der Waals surface area contributed by atoms with Crippen molar-refractivity contribution < 1.29 is 14.9 Å². The molecule has 0 aliphatic rings. The second kappa shape index (κ2) is 7.58. The molecule has 0 amide bonds. The molecule has 1 rings (SSSR count). The topological polar surface area (TPSA) is 49.7 Å². The highest BCUT2D eigenvalue weighted by molar-refractivity contribution is 7.99.